The number of nitrogen functional groups attached to an aromatic ring is 1. The topological polar surface area (TPSA) is 75.3 Å². The molecule has 1 aliphatic heterocycles. The second-order valence-corrected chi connectivity index (χ2v) is 7.11. The van der Waals surface area contributed by atoms with Crippen molar-refractivity contribution in [2.24, 2.45) is 0 Å². The van der Waals surface area contributed by atoms with Gasteiger partial charge < -0.3 is 15.5 Å². The van der Waals surface area contributed by atoms with Crippen LogP contribution in [0.5, 0.6) is 0 Å². The third kappa shape index (κ3) is 4.78. The van der Waals surface area contributed by atoms with E-state index >= 15 is 0 Å². The van der Waals surface area contributed by atoms with E-state index in [1.54, 1.807) is 15.9 Å². The van der Waals surface area contributed by atoms with Gasteiger partial charge in [-0.1, -0.05) is 12.1 Å². The van der Waals surface area contributed by atoms with E-state index in [1.165, 1.54) is 12.1 Å². The van der Waals surface area contributed by atoms with Gasteiger partial charge in [-0.2, -0.15) is 13.2 Å². The first kappa shape index (κ1) is 20.9. The molecule has 3 rings (SSSR count). The van der Waals surface area contributed by atoms with Crippen molar-refractivity contribution in [2.45, 2.75) is 32.9 Å². The molecule has 0 atom stereocenters. The van der Waals surface area contributed by atoms with Crippen LogP contribution in [-0.2, 0) is 17.4 Å². The molecule has 2 aromatic rings. The number of anilines is 2. The van der Waals surface area contributed by atoms with Crippen LogP contribution in [0.25, 0.3) is 0 Å². The molecule has 0 unspecified atom stereocenters. The average molecular weight is 407 g/mol. The minimum Gasteiger partial charge on any atom is -0.368 e. The number of alkyl halides is 3. The maximum absolute atomic E-state index is 13.3. The van der Waals surface area contributed by atoms with Crippen molar-refractivity contribution in [3.63, 3.8) is 0 Å². The highest BCUT2D eigenvalue weighted by Gasteiger charge is 2.35. The molecular formula is C20H24F3N5O. The van der Waals surface area contributed by atoms with Crippen LogP contribution in [0.3, 0.4) is 0 Å². The Kier molecular flexibility index (Phi) is 5.95. The Morgan fingerprint density at radius 1 is 1.07 bits per heavy atom. The summed E-state index contributed by atoms with van der Waals surface area (Å²) >= 11 is 0. The molecule has 1 aromatic carbocycles. The molecule has 0 aliphatic carbocycles. The van der Waals surface area contributed by atoms with E-state index in [1.807, 2.05) is 13.8 Å². The van der Waals surface area contributed by atoms with E-state index in [4.69, 9.17) is 5.73 Å². The first-order chi connectivity index (χ1) is 13.7. The van der Waals surface area contributed by atoms with Crippen LogP contribution >= 0.6 is 0 Å². The van der Waals surface area contributed by atoms with Crippen LogP contribution in [0, 0.1) is 13.8 Å². The highest BCUT2D eigenvalue weighted by atomic mass is 19.4. The number of hydrogen-bond donors (Lipinski definition) is 1. The number of rotatable bonds is 4. The Hall–Kier alpha value is -2.84. The highest BCUT2D eigenvalue weighted by molar-refractivity contribution is 5.77. The van der Waals surface area contributed by atoms with Crippen LogP contribution < -0.4 is 10.6 Å². The van der Waals surface area contributed by atoms with E-state index in [0.717, 1.165) is 23.0 Å². The van der Waals surface area contributed by atoms with Crippen molar-refractivity contribution in [1.82, 2.24) is 14.9 Å². The van der Waals surface area contributed by atoms with Gasteiger partial charge in [0, 0.05) is 49.7 Å². The number of aryl methyl sites for hydroxylation is 2. The summed E-state index contributed by atoms with van der Waals surface area (Å²) in [5.74, 6) is 0.190. The number of carbonyl (C=O) groups is 1. The number of para-hydroxylation sites is 1. The quantitative estimate of drug-likeness (QED) is 0.843. The number of nitrogens with two attached hydrogens (primary N) is 1. The van der Waals surface area contributed by atoms with Crippen molar-refractivity contribution in [3.8, 4) is 0 Å². The van der Waals surface area contributed by atoms with Gasteiger partial charge in [0.15, 0.2) is 0 Å². The zero-order valence-corrected chi connectivity index (χ0v) is 16.5. The molecule has 29 heavy (non-hydrogen) atoms. The number of carbonyl (C=O) groups excluding carboxylic acids is 1. The zero-order valence-electron chi connectivity index (χ0n) is 16.5. The summed E-state index contributed by atoms with van der Waals surface area (Å²) in [4.78, 5) is 24.3. The third-order valence-corrected chi connectivity index (χ3v) is 5.21. The first-order valence-corrected chi connectivity index (χ1v) is 9.45. The zero-order chi connectivity index (χ0) is 21.2. The van der Waals surface area contributed by atoms with Gasteiger partial charge >= 0.3 is 6.18 Å². The maximum Gasteiger partial charge on any atom is 0.418 e. The van der Waals surface area contributed by atoms with Gasteiger partial charge in [-0.05, 0) is 38.0 Å². The van der Waals surface area contributed by atoms with Gasteiger partial charge in [0.2, 0.25) is 11.9 Å². The minimum atomic E-state index is -4.40. The summed E-state index contributed by atoms with van der Waals surface area (Å²) in [6.45, 7) is 5.18. The van der Waals surface area contributed by atoms with Crippen LogP contribution in [0.15, 0.2) is 24.3 Å². The number of halogens is 3. The van der Waals surface area contributed by atoms with Crippen molar-refractivity contribution < 1.29 is 18.0 Å². The fourth-order valence-corrected chi connectivity index (χ4v) is 3.70. The second-order valence-electron chi connectivity index (χ2n) is 7.11. The van der Waals surface area contributed by atoms with E-state index in [-0.39, 0.29) is 17.5 Å². The summed E-state index contributed by atoms with van der Waals surface area (Å²) in [7, 11) is 0. The molecule has 0 radical (unpaired) electrons. The molecule has 1 fully saturated rings. The summed E-state index contributed by atoms with van der Waals surface area (Å²) in [5, 5.41) is 0. The number of hydrogen-bond acceptors (Lipinski definition) is 5. The SMILES string of the molecule is Cc1nc(N)nc(C)c1CCC(=O)N1CCN(c2ccccc2C(F)(F)F)CC1. The van der Waals surface area contributed by atoms with E-state index in [2.05, 4.69) is 9.97 Å². The molecule has 1 amide bonds. The second kappa shape index (κ2) is 8.26. The molecule has 6 nitrogen and oxygen atoms in total. The third-order valence-electron chi connectivity index (χ3n) is 5.21. The van der Waals surface area contributed by atoms with Crippen LogP contribution in [0.4, 0.5) is 24.8 Å². The normalized spacial score (nSPS) is 14.9. The minimum absolute atomic E-state index is 0.0237. The van der Waals surface area contributed by atoms with E-state index in [9.17, 15) is 18.0 Å². The number of aromatic nitrogens is 2. The summed E-state index contributed by atoms with van der Waals surface area (Å²) in [6, 6.07) is 5.55. The van der Waals surface area contributed by atoms with Gasteiger partial charge in [-0.25, -0.2) is 9.97 Å². The summed E-state index contributed by atoms with van der Waals surface area (Å²) in [6.07, 6.45) is -3.59. The Balaban J connectivity index is 1.60. The van der Waals surface area contributed by atoms with Crippen molar-refractivity contribution in [1.29, 1.82) is 0 Å². The molecule has 156 valence electrons. The Bertz CT molecular complexity index is 869. The molecule has 0 bridgehead atoms. The van der Waals surface area contributed by atoms with Gasteiger partial charge in [-0.3, -0.25) is 4.79 Å². The van der Waals surface area contributed by atoms with Crippen molar-refractivity contribution in [3.05, 3.63) is 46.8 Å². The Morgan fingerprint density at radius 2 is 1.66 bits per heavy atom. The van der Waals surface area contributed by atoms with Gasteiger partial charge in [0.1, 0.15) is 0 Å². The fraction of sp³-hybridized carbons (Fsp3) is 0.450. The molecular weight excluding hydrogens is 383 g/mol. The predicted molar refractivity (Wildman–Crippen MR) is 104 cm³/mol. The maximum atomic E-state index is 13.3. The standard InChI is InChI=1S/C20H24F3N5O/c1-13-15(14(2)26-19(24)25-13)7-8-18(29)28-11-9-27(10-12-28)17-6-4-3-5-16(17)20(21,22)23/h3-6H,7-12H2,1-2H3,(H2,24,25,26). The lowest BCUT2D eigenvalue weighted by Gasteiger charge is -2.37. The molecule has 1 aliphatic rings. The Labute approximate surface area is 167 Å². The lowest BCUT2D eigenvalue weighted by molar-refractivity contribution is -0.137. The molecule has 2 N–H and O–H groups in total. The lowest BCUT2D eigenvalue weighted by Crippen LogP contribution is -2.49. The molecule has 0 spiro atoms. The predicted octanol–water partition coefficient (Wildman–Crippen LogP) is 2.98. The van der Waals surface area contributed by atoms with Gasteiger partial charge in [0.25, 0.3) is 0 Å². The largest absolute Gasteiger partial charge is 0.418 e. The number of piperazine rings is 1. The number of nitrogens with zero attached hydrogens (tertiary/aromatic N) is 4. The Morgan fingerprint density at radius 3 is 2.24 bits per heavy atom. The average Bonchev–Trinajstić information content (AvgIpc) is 2.66. The molecule has 2 heterocycles. The highest BCUT2D eigenvalue weighted by Crippen LogP contribution is 2.36. The molecule has 0 saturated carbocycles. The number of benzene rings is 1. The number of amides is 1. The van der Waals surface area contributed by atoms with Crippen molar-refractivity contribution in [2.75, 3.05) is 36.8 Å². The molecule has 1 saturated heterocycles. The van der Waals surface area contributed by atoms with Gasteiger partial charge in [-0.15, -0.1) is 0 Å². The van der Waals surface area contributed by atoms with E-state index < -0.39 is 11.7 Å². The van der Waals surface area contributed by atoms with Crippen LogP contribution in [-0.4, -0.2) is 47.0 Å². The smallest absolute Gasteiger partial charge is 0.368 e. The summed E-state index contributed by atoms with van der Waals surface area (Å²) in [5.41, 5.74) is 7.58. The molecule has 1 aromatic heterocycles. The summed E-state index contributed by atoms with van der Waals surface area (Å²) < 4.78 is 39.8. The first-order valence-electron chi connectivity index (χ1n) is 9.45. The van der Waals surface area contributed by atoms with Gasteiger partial charge in [0.05, 0.1) is 5.56 Å². The monoisotopic (exact) mass is 407 g/mol. The van der Waals surface area contributed by atoms with E-state index in [0.29, 0.717) is 39.0 Å². The van der Waals surface area contributed by atoms with Crippen LogP contribution in [0.2, 0.25) is 0 Å². The van der Waals surface area contributed by atoms with Crippen molar-refractivity contribution >= 4 is 17.5 Å². The molecule has 9 heteroatoms. The van der Waals surface area contributed by atoms with Crippen LogP contribution in [0.1, 0.15) is 28.9 Å². The fourth-order valence-electron chi connectivity index (χ4n) is 3.70. The lowest BCUT2D eigenvalue weighted by atomic mass is 10.1.